The zero-order valence-corrected chi connectivity index (χ0v) is 24.5. The maximum absolute atomic E-state index is 13.5. The highest BCUT2D eigenvalue weighted by molar-refractivity contribution is 7.99. The van der Waals surface area contributed by atoms with E-state index in [-0.39, 0.29) is 9.79 Å². The third kappa shape index (κ3) is 6.27. The van der Waals surface area contributed by atoms with Crippen LogP contribution in [0.2, 0.25) is 0 Å². The number of fused-ring (bicyclic) bond motifs is 1. The molecule has 0 fully saturated rings. The second kappa shape index (κ2) is 11.7. The molecule has 0 amide bonds. The van der Waals surface area contributed by atoms with Crippen LogP contribution >= 0.6 is 11.8 Å². The lowest BCUT2D eigenvalue weighted by atomic mass is 10.1. The molecule has 0 aliphatic rings. The molecule has 0 saturated heterocycles. The van der Waals surface area contributed by atoms with E-state index in [2.05, 4.69) is 9.44 Å². The van der Waals surface area contributed by atoms with Crippen molar-refractivity contribution in [2.24, 2.45) is 0 Å². The van der Waals surface area contributed by atoms with E-state index in [0.29, 0.717) is 38.5 Å². The predicted octanol–water partition coefficient (Wildman–Crippen LogP) is 6.61. The Morgan fingerprint density at radius 2 is 1.07 bits per heavy atom. The Morgan fingerprint density at radius 3 is 1.61 bits per heavy atom. The highest BCUT2D eigenvalue weighted by atomic mass is 32.2. The van der Waals surface area contributed by atoms with E-state index >= 15 is 0 Å². The van der Waals surface area contributed by atoms with Crippen molar-refractivity contribution >= 4 is 54.0 Å². The Hall–Kier alpha value is -4.19. The first-order valence-corrected chi connectivity index (χ1v) is 16.1. The summed E-state index contributed by atoms with van der Waals surface area (Å²) in [7, 11) is -4.98. The van der Waals surface area contributed by atoms with Crippen molar-refractivity contribution in [3.8, 4) is 11.5 Å². The van der Waals surface area contributed by atoms with Crippen molar-refractivity contribution in [3.05, 3.63) is 109 Å². The van der Waals surface area contributed by atoms with E-state index in [0.717, 1.165) is 4.90 Å². The van der Waals surface area contributed by atoms with Crippen molar-refractivity contribution < 1.29 is 26.3 Å². The predicted molar refractivity (Wildman–Crippen MR) is 162 cm³/mol. The zero-order valence-electron chi connectivity index (χ0n) is 22.1. The van der Waals surface area contributed by atoms with Gasteiger partial charge in [-0.1, -0.05) is 54.2 Å². The molecular formula is C30H26N2O6S3. The molecule has 5 rings (SSSR count). The van der Waals surface area contributed by atoms with Crippen molar-refractivity contribution in [2.45, 2.75) is 19.6 Å². The van der Waals surface area contributed by atoms with Gasteiger partial charge in [-0.25, -0.2) is 16.8 Å². The number of anilines is 2. The van der Waals surface area contributed by atoms with Crippen LogP contribution < -0.4 is 18.9 Å². The van der Waals surface area contributed by atoms with E-state index in [1.807, 2.05) is 30.3 Å². The third-order valence-corrected chi connectivity index (χ3v) is 10.00. The molecule has 0 saturated carbocycles. The van der Waals surface area contributed by atoms with Crippen molar-refractivity contribution in [1.29, 1.82) is 0 Å². The molecule has 0 radical (unpaired) electrons. The van der Waals surface area contributed by atoms with Gasteiger partial charge in [0, 0.05) is 20.6 Å². The van der Waals surface area contributed by atoms with Crippen molar-refractivity contribution in [1.82, 2.24) is 0 Å². The number of methoxy groups -OCH3 is 2. The van der Waals surface area contributed by atoms with Crippen LogP contribution in [0.25, 0.3) is 10.8 Å². The lowest BCUT2D eigenvalue weighted by molar-refractivity contribution is 0.414. The van der Waals surface area contributed by atoms with Crippen LogP contribution in [0.15, 0.2) is 129 Å². The summed E-state index contributed by atoms with van der Waals surface area (Å²) >= 11 is 1.31. The van der Waals surface area contributed by atoms with E-state index < -0.39 is 20.0 Å². The molecule has 0 bridgehead atoms. The number of benzene rings is 5. The molecule has 210 valence electrons. The Balaban J connectivity index is 1.64. The fraction of sp³-hybridized carbons (Fsp3) is 0.0667. The molecule has 0 aliphatic carbocycles. The van der Waals surface area contributed by atoms with Crippen LogP contribution in [0.5, 0.6) is 11.5 Å². The summed E-state index contributed by atoms with van der Waals surface area (Å²) in [5.41, 5.74) is 0.639. The number of ether oxygens (including phenoxy) is 2. The van der Waals surface area contributed by atoms with Gasteiger partial charge in [0.1, 0.15) is 11.5 Å². The maximum atomic E-state index is 13.5. The monoisotopic (exact) mass is 606 g/mol. The molecule has 0 unspecified atom stereocenters. The summed E-state index contributed by atoms with van der Waals surface area (Å²) in [5, 5.41) is 1.05. The zero-order chi connectivity index (χ0) is 29.0. The summed E-state index contributed by atoms with van der Waals surface area (Å²) in [4.78, 5) is 1.47. The van der Waals surface area contributed by atoms with E-state index in [4.69, 9.17) is 9.47 Å². The van der Waals surface area contributed by atoms with Gasteiger partial charge in [0.2, 0.25) is 0 Å². The molecular weight excluding hydrogens is 581 g/mol. The number of hydrogen-bond donors (Lipinski definition) is 2. The van der Waals surface area contributed by atoms with E-state index in [1.54, 1.807) is 54.6 Å². The first-order valence-electron chi connectivity index (χ1n) is 12.3. The molecule has 5 aromatic carbocycles. The average Bonchev–Trinajstić information content (AvgIpc) is 2.99. The summed E-state index contributed by atoms with van der Waals surface area (Å²) < 4.78 is 69.6. The number of nitrogens with one attached hydrogen (secondary N) is 2. The minimum atomic E-state index is -4.01. The van der Waals surface area contributed by atoms with Crippen LogP contribution in [-0.2, 0) is 20.0 Å². The SMILES string of the molecule is COc1ccc(S(=O)(=O)Nc2cc(Sc3ccccc3)c(NS(=O)(=O)c3ccc(OC)cc3)c3ccccc23)cc1. The molecule has 0 spiro atoms. The lowest BCUT2D eigenvalue weighted by Gasteiger charge is -2.19. The number of hydrogen-bond acceptors (Lipinski definition) is 7. The fourth-order valence-corrected chi connectivity index (χ4v) is 7.37. The topological polar surface area (TPSA) is 111 Å². The van der Waals surface area contributed by atoms with Crippen molar-refractivity contribution in [3.63, 3.8) is 0 Å². The van der Waals surface area contributed by atoms with Crippen LogP contribution in [0.1, 0.15) is 0 Å². The molecule has 5 aromatic rings. The molecule has 0 aliphatic heterocycles. The minimum Gasteiger partial charge on any atom is -0.497 e. The van der Waals surface area contributed by atoms with Gasteiger partial charge < -0.3 is 9.47 Å². The maximum Gasteiger partial charge on any atom is 0.261 e. The Morgan fingerprint density at radius 1 is 0.585 bits per heavy atom. The average molecular weight is 607 g/mol. The Labute approximate surface area is 243 Å². The van der Waals surface area contributed by atoms with Gasteiger partial charge in [0.15, 0.2) is 0 Å². The quantitative estimate of drug-likeness (QED) is 0.184. The first kappa shape index (κ1) is 28.3. The fourth-order valence-electron chi connectivity index (χ4n) is 4.14. The second-order valence-corrected chi connectivity index (χ2v) is 13.3. The van der Waals surface area contributed by atoms with Gasteiger partial charge in [0.25, 0.3) is 20.0 Å². The van der Waals surface area contributed by atoms with Gasteiger partial charge in [-0.05, 0) is 66.7 Å². The van der Waals surface area contributed by atoms with Crippen LogP contribution in [0, 0.1) is 0 Å². The Bertz CT molecular complexity index is 1890. The van der Waals surface area contributed by atoms with Gasteiger partial charge in [-0.2, -0.15) is 0 Å². The number of sulfonamides is 2. The van der Waals surface area contributed by atoms with Gasteiger partial charge >= 0.3 is 0 Å². The molecule has 41 heavy (non-hydrogen) atoms. The van der Waals surface area contributed by atoms with Crippen molar-refractivity contribution in [2.75, 3.05) is 23.7 Å². The summed E-state index contributed by atoms with van der Waals surface area (Å²) in [6, 6.07) is 30.2. The van der Waals surface area contributed by atoms with Gasteiger partial charge in [-0.3, -0.25) is 9.44 Å². The van der Waals surface area contributed by atoms with Crippen LogP contribution in [-0.4, -0.2) is 31.1 Å². The highest BCUT2D eigenvalue weighted by Gasteiger charge is 2.23. The molecule has 11 heteroatoms. The van der Waals surface area contributed by atoms with E-state index in [1.165, 1.54) is 50.2 Å². The molecule has 0 heterocycles. The largest absolute Gasteiger partial charge is 0.497 e. The Kier molecular flexibility index (Phi) is 8.11. The highest BCUT2D eigenvalue weighted by Crippen LogP contribution is 2.43. The molecule has 0 aromatic heterocycles. The van der Waals surface area contributed by atoms with Gasteiger partial charge in [-0.15, -0.1) is 0 Å². The van der Waals surface area contributed by atoms with Crippen LogP contribution in [0.3, 0.4) is 0 Å². The van der Waals surface area contributed by atoms with E-state index in [9.17, 15) is 16.8 Å². The first-order chi connectivity index (χ1) is 19.7. The van der Waals surface area contributed by atoms with Crippen LogP contribution in [0.4, 0.5) is 11.4 Å². The van der Waals surface area contributed by atoms with Gasteiger partial charge in [0.05, 0.1) is 35.4 Å². The molecule has 2 N–H and O–H groups in total. The lowest BCUT2D eigenvalue weighted by Crippen LogP contribution is -2.16. The minimum absolute atomic E-state index is 0.0577. The molecule has 0 atom stereocenters. The third-order valence-electron chi connectivity index (χ3n) is 6.20. The smallest absolute Gasteiger partial charge is 0.261 e. The summed E-state index contributed by atoms with van der Waals surface area (Å²) in [5.74, 6) is 1.06. The molecule has 8 nitrogen and oxygen atoms in total. The number of rotatable bonds is 10. The summed E-state index contributed by atoms with van der Waals surface area (Å²) in [6.45, 7) is 0. The second-order valence-electron chi connectivity index (χ2n) is 8.82. The normalized spacial score (nSPS) is 11.7. The standard InChI is InChI=1S/C30H26N2O6S3/c1-37-21-12-16-24(17-13-21)40(33,34)31-28-20-29(39-23-8-4-3-5-9-23)30(27-11-7-6-10-26(27)28)32-41(35,36)25-18-14-22(38-2)15-19-25/h3-20,31-32H,1-2H3. The summed E-state index contributed by atoms with van der Waals surface area (Å²) in [6.07, 6.45) is 0.